The molecule has 0 saturated carbocycles. The summed E-state index contributed by atoms with van der Waals surface area (Å²) >= 11 is 0. The highest BCUT2D eigenvalue weighted by Gasteiger charge is 2.36. The van der Waals surface area contributed by atoms with E-state index in [0.717, 1.165) is 0 Å². The first-order valence-electron chi connectivity index (χ1n) is 6.94. The van der Waals surface area contributed by atoms with Gasteiger partial charge in [0, 0.05) is 19.1 Å². The first-order valence-corrected chi connectivity index (χ1v) is 6.94. The van der Waals surface area contributed by atoms with E-state index in [1.165, 1.54) is 9.80 Å². The van der Waals surface area contributed by atoms with Crippen LogP contribution in [0, 0.1) is 0 Å². The third-order valence-corrected chi connectivity index (χ3v) is 3.22. The molecule has 2 N–H and O–H groups in total. The van der Waals surface area contributed by atoms with E-state index in [1.807, 2.05) is 13.8 Å². The largest absolute Gasteiger partial charge is 0.480 e. The standard InChI is InChI=1S/C13H23N3O4/c1-4-15(8-11(17)14-9(2)3)13(20)16-7-5-6-10(16)12(18)19/h9-10H,4-8H2,1-3H3,(H,14,17)(H,18,19)/t10-/m1/s1. The van der Waals surface area contributed by atoms with Crippen LogP contribution >= 0.6 is 0 Å². The van der Waals surface area contributed by atoms with Crippen molar-refractivity contribution in [2.75, 3.05) is 19.6 Å². The van der Waals surface area contributed by atoms with Crippen LogP contribution in [0.5, 0.6) is 0 Å². The molecule has 1 saturated heterocycles. The molecular formula is C13H23N3O4. The van der Waals surface area contributed by atoms with Crippen LogP contribution in [0.2, 0.25) is 0 Å². The van der Waals surface area contributed by atoms with Gasteiger partial charge >= 0.3 is 12.0 Å². The molecule has 1 rings (SSSR count). The van der Waals surface area contributed by atoms with Crippen LogP contribution in [0.25, 0.3) is 0 Å². The zero-order valence-electron chi connectivity index (χ0n) is 12.3. The third-order valence-electron chi connectivity index (χ3n) is 3.22. The van der Waals surface area contributed by atoms with Gasteiger partial charge in [-0.1, -0.05) is 0 Å². The van der Waals surface area contributed by atoms with Crippen molar-refractivity contribution in [2.24, 2.45) is 0 Å². The van der Waals surface area contributed by atoms with Crippen molar-refractivity contribution in [2.45, 2.75) is 45.7 Å². The maximum atomic E-state index is 12.3. The fraction of sp³-hybridized carbons (Fsp3) is 0.769. The van der Waals surface area contributed by atoms with Crippen molar-refractivity contribution in [1.82, 2.24) is 15.1 Å². The van der Waals surface area contributed by atoms with Crippen LogP contribution in [-0.4, -0.2) is 64.5 Å². The topological polar surface area (TPSA) is 90.0 Å². The average Bonchev–Trinajstić information content (AvgIpc) is 2.83. The van der Waals surface area contributed by atoms with Gasteiger partial charge in [0.25, 0.3) is 0 Å². The number of likely N-dealkylation sites (tertiary alicyclic amines) is 1. The lowest BCUT2D eigenvalue weighted by Gasteiger charge is -2.29. The van der Waals surface area contributed by atoms with Crippen LogP contribution < -0.4 is 5.32 Å². The van der Waals surface area contributed by atoms with Gasteiger partial charge in [-0.2, -0.15) is 0 Å². The molecule has 1 aliphatic heterocycles. The van der Waals surface area contributed by atoms with Crippen molar-refractivity contribution >= 4 is 17.9 Å². The molecule has 7 heteroatoms. The molecule has 0 unspecified atom stereocenters. The molecule has 114 valence electrons. The van der Waals surface area contributed by atoms with E-state index in [9.17, 15) is 14.4 Å². The monoisotopic (exact) mass is 285 g/mol. The molecule has 1 aliphatic rings. The molecule has 1 atom stereocenters. The zero-order chi connectivity index (χ0) is 15.3. The molecule has 1 fully saturated rings. The highest BCUT2D eigenvalue weighted by molar-refractivity contribution is 5.87. The normalized spacial score (nSPS) is 18.2. The predicted octanol–water partition coefficient (Wildman–Crippen LogP) is 0.502. The molecule has 3 amide bonds. The molecule has 0 radical (unpaired) electrons. The van der Waals surface area contributed by atoms with E-state index in [1.54, 1.807) is 6.92 Å². The zero-order valence-corrected chi connectivity index (χ0v) is 12.3. The Balaban J connectivity index is 2.67. The second kappa shape index (κ2) is 7.12. The highest BCUT2D eigenvalue weighted by atomic mass is 16.4. The fourth-order valence-corrected chi connectivity index (χ4v) is 2.29. The summed E-state index contributed by atoms with van der Waals surface area (Å²) < 4.78 is 0. The van der Waals surface area contributed by atoms with Crippen LogP contribution in [0.3, 0.4) is 0 Å². The lowest BCUT2D eigenvalue weighted by molar-refractivity contribution is -0.141. The maximum Gasteiger partial charge on any atom is 0.326 e. The number of likely N-dealkylation sites (N-methyl/N-ethyl adjacent to an activating group) is 1. The lowest BCUT2D eigenvalue weighted by Crippen LogP contribution is -2.51. The van der Waals surface area contributed by atoms with Crippen LogP contribution in [-0.2, 0) is 9.59 Å². The Morgan fingerprint density at radius 3 is 2.55 bits per heavy atom. The number of nitrogens with zero attached hydrogens (tertiary/aromatic N) is 2. The summed E-state index contributed by atoms with van der Waals surface area (Å²) in [6.45, 7) is 6.21. The van der Waals surface area contributed by atoms with Gasteiger partial charge in [-0.15, -0.1) is 0 Å². The molecule has 7 nitrogen and oxygen atoms in total. The molecule has 0 aromatic carbocycles. The number of hydrogen-bond donors (Lipinski definition) is 2. The summed E-state index contributed by atoms with van der Waals surface area (Å²) in [4.78, 5) is 37.9. The number of carboxylic acid groups (broad SMARTS) is 1. The van der Waals surface area contributed by atoms with Gasteiger partial charge in [0.2, 0.25) is 5.91 Å². The molecule has 0 aromatic rings. The van der Waals surface area contributed by atoms with E-state index in [2.05, 4.69) is 5.32 Å². The van der Waals surface area contributed by atoms with E-state index < -0.39 is 12.0 Å². The van der Waals surface area contributed by atoms with Crippen molar-refractivity contribution in [3.05, 3.63) is 0 Å². The Morgan fingerprint density at radius 1 is 1.40 bits per heavy atom. The summed E-state index contributed by atoms with van der Waals surface area (Å²) in [6.07, 6.45) is 1.15. The minimum absolute atomic E-state index is 0.00913. The molecule has 20 heavy (non-hydrogen) atoms. The van der Waals surface area contributed by atoms with Crippen molar-refractivity contribution in [3.63, 3.8) is 0 Å². The van der Waals surface area contributed by atoms with Gasteiger partial charge in [-0.3, -0.25) is 4.79 Å². The van der Waals surface area contributed by atoms with E-state index >= 15 is 0 Å². The van der Waals surface area contributed by atoms with Crippen LogP contribution in [0.15, 0.2) is 0 Å². The van der Waals surface area contributed by atoms with Crippen LogP contribution in [0.4, 0.5) is 4.79 Å². The Bertz CT molecular complexity index is 384. The van der Waals surface area contributed by atoms with Gasteiger partial charge in [-0.05, 0) is 33.6 Å². The minimum Gasteiger partial charge on any atom is -0.480 e. The lowest BCUT2D eigenvalue weighted by atomic mass is 10.2. The minimum atomic E-state index is -0.987. The molecule has 0 aliphatic carbocycles. The van der Waals surface area contributed by atoms with Gasteiger partial charge in [-0.25, -0.2) is 9.59 Å². The summed E-state index contributed by atoms with van der Waals surface area (Å²) in [7, 11) is 0. The van der Waals surface area contributed by atoms with E-state index in [-0.39, 0.29) is 24.5 Å². The average molecular weight is 285 g/mol. The van der Waals surface area contributed by atoms with Crippen molar-refractivity contribution < 1.29 is 19.5 Å². The highest BCUT2D eigenvalue weighted by Crippen LogP contribution is 2.19. The summed E-state index contributed by atoms with van der Waals surface area (Å²) in [5, 5.41) is 11.8. The molecule has 0 aromatic heterocycles. The third kappa shape index (κ3) is 4.11. The van der Waals surface area contributed by atoms with Crippen molar-refractivity contribution in [3.8, 4) is 0 Å². The van der Waals surface area contributed by atoms with E-state index in [0.29, 0.717) is 25.9 Å². The number of carbonyl (C=O) groups excluding carboxylic acids is 2. The molecular weight excluding hydrogens is 262 g/mol. The fourth-order valence-electron chi connectivity index (χ4n) is 2.29. The number of rotatable bonds is 5. The number of urea groups is 1. The van der Waals surface area contributed by atoms with Gasteiger partial charge in [0.05, 0.1) is 0 Å². The SMILES string of the molecule is CCN(CC(=O)NC(C)C)C(=O)N1CCC[C@@H]1C(=O)O. The molecule has 0 bridgehead atoms. The number of aliphatic carboxylic acids is 1. The second-order valence-electron chi connectivity index (χ2n) is 5.21. The maximum absolute atomic E-state index is 12.3. The number of hydrogen-bond acceptors (Lipinski definition) is 3. The van der Waals surface area contributed by atoms with Gasteiger partial charge in [0.1, 0.15) is 12.6 Å². The molecule has 1 heterocycles. The van der Waals surface area contributed by atoms with Crippen molar-refractivity contribution in [1.29, 1.82) is 0 Å². The van der Waals surface area contributed by atoms with Crippen LogP contribution in [0.1, 0.15) is 33.6 Å². The van der Waals surface area contributed by atoms with Gasteiger partial charge in [0.15, 0.2) is 0 Å². The smallest absolute Gasteiger partial charge is 0.326 e. The molecule has 0 spiro atoms. The number of carboxylic acids is 1. The predicted molar refractivity (Wildman–Crippen MR) is 73.3 cm³/mol. The summed E-state index contributed by atoms with van der Waals surface area (Å²) in [5.41, 5.74) is 0. The second-order valence-corrected chi connectivity index (χ2v) is 5.21. The quantitative estimate of drug-likeness (QED) is 0.769. The summed E-state index contributed by atoms with van der Waals surface area (Å²) in [6, 6.07) is -1.14. The summed E-state index contributed by atoms with van der Waals surface area (Å²) in [5.74, 6) is -1.22. The number of carbonyl (C=O) groups is 3. The number of amides is 3. The van der Waals surface area contributed by atoms with E-state index in [4.69, 9.17) is 5.11 Å². The number of nitrogens with one attached hydrogen (secondary N) is 1. The Morgan fingerprint density at radius 2 is 2.05 bits per heavy atom. The van der Waals surface area contributed by atoms with Gasteiger partial charge < -0.3 is 20.2 Å². The Labute approximate surface area is 118 Å². The Kier molecular flexibility index (Phi) is 5.79. The Hall–Kier alpha value is -1.79. The first kappa shape index (κ1) is 16.3. The first-order chi connectivity index (χ1) is 9.36.